The maximum absolute atomic E-state index is 13.5. The van der Waals surface area contributed by atoms with Crippen LogP contribution in [0.15, 0.2) is 60.2 Å². The predicted molar refractivity (Wildman–Crippen MR) is 153 cm³/mol. The van der Waals surface area contributed by atoms with Gasteiger partial charge in [-0.3, -0.25) is 19.8 Å². The van der Waals surface area contributed by atoms with Gasteiger partial charge >= 0.3 is 6.03 Å². The van der Waals surface area contributed by atoms with Gasteiger partial charge in [-0.1, -0.05) is 48.3 Å². The zero-order valence-corrected chi connectivity index (χ0v) is 23.9. The molecule has 1 N–H and O–H groups in total. The third-order valence-corrected chi connectivity index (χ3v) is 6.46. The maximum atomic E-state index is 13.5. The lowest BCUT2D eigenvalue weighted by atomic mass is 10.1. The number of urea groups is 1. The molecule has 214 valence electrons. The summed E-state index contributed by atoms with van der Waals surface area (Å²) < 4.78 is 30.5. The molecule has 8 nitrogen and oxygen atoms in total. The maximum Gasteiger partial charge on any atom is 0.331 e. The van der Waals surface area contributed by atoms with Crippen molar-refractivity contribution in [2.75, 3.05) is 13.2 Å². The molecule has 1 heterocycles. The van der Waals surface area contributed by atoms with E-state index in [1.165, 1.54) is 30.3 Å². The number of halogens is 3. The highest BCUT2D eigenvalue weighted by Crippen LogP contribution is 2.36. The van der Waals surface area contributed by atoms with Crippen LogP contribution in [0.4, 0.5) is 9.18 Å². The molecule has 0 aliphatic carbocycles. The number of benzene rings is 3. The van der Waals surface area contributed by atoms with Crippen molar-refractivity contribution >= 4 is 47.1 Å². The normalized spacial score (nSPS) is 14.3. The van der Waals surface area contributed by atoms with Crippen molar-refractivity contribution in [2.24, 2.45) is 0 Å². The number of ether oxygens (including phenoxy) is 3. The van der Waals surface area contributed by atoms with Crippen molar-refractivity contribution in [1.29, 1.82) is 0 Å². The molecule has 0 radical (unpaired) electrons. The number of barbiturate groups is 1. The Morgan fingerprint density at radius 1 is 0.902 bits per heavy atom. The molecule has 1 aliphatic rings. The van der Waals surface area contributed by atoms with E-state index >= 15 is 0 Å². The second-order valence-electron chi connectivity index (χ2n) is 9.00. The summed E-state index contributed by atoms with van der Waals surface area (Å²) >= 11 is 12.8. The standard InChI is InChI=1S/C30H27Cl2FN2O6/c1-3-10-40-25-9-8-18(15-26(25)39-4-2)16-35-29(37)22(28(36)34-30(35)38)12-20-13-23(31)27(24(32)14-20)41-17-19-6-5-7-21(33)11-19/h5-9,11-15H,3-4,10,16-17H2,1-2H3,(H,34,36,38)/b22-12+. The van der Waals surface area contributed by atoms with Gasteiger partial charge in [0.25, 0.3) is 11.8 Å². The number of rotatable bonds is 11. The van der Waals surface area contributed by atoms with Gasteiger partial charge in [0.1, 0.15) is 18.0 Å². The molecule has 4 amide bonds. The second-order valence-corrected chi connectivity index (χ2v) is 9.82. The van der Waals surface area contributed by atoms with Crippen LogP contribution < -0.4 is 19.5 Å². The summed E-state index contributed by atoms with van der Waals surface area (Å²) in [6.45, 7) is 4.64. The van der Waals surface area contributed by atoms with Crippen LogP contribution in [0.25, 0.3) is 6.08 Å². The van der Waals surface area contributed by atoms with Crippen LogP contribution in [0.1, 0.15) is 37.0 Å². The number of hydrogen-bond acceptors (Lipinski definition) is 6. The topological polar surface area (TPSA) is 94.2 Å². The molecule has 1 aliphatic heterocycles. The van der Waals surface area contributed by atoms with E-state index in [0.717, 1.165) is 11.3 Å². The van der Waals surface area contributed by atoms with E-state index in [4.69, 9.17) is 37.4 Å². The number of imide groups is 2. The van der Waals surface area contributed by atoms with Gasteiger partial charge in [-0.2, -0.15) is 0 Å². The van der Waals surface area contributed by atoms with Crippen molar-refractivity contribution in [1.82, 2.24) is 10.2 Å². The summed E-state index contributed by atoms with van der Waals surface area (Å²) in [4.78, 5) is 39.4. The third-order valence-electron chi connectivity index (χ3n) is 5.90. The highest BCUT2D eigenvalue weighted by atomic mass is 35.5. The Kier molecular flexibility index (Phi) is 9.86. The minimum Gasteiger partial charge on any atom is -0.490 e. The van der Waals surface area contributed by atoms with Crippen LogP contribution in [-0.4, -0.2) is 36.0 Å². The van der Waals surface area contributed by atoms with Crippen molar-refractivity contribution in [2.45, 2.75) is 33.4 Å². The lowest BCUT2D eigenvalue weighted by Gasteiger charge is -2.26. The fourth-order valence-electron chi connectivity index (χ4n) is 4.02. The third kappa shape index (κ3) is 7.36. The fourth-order valence-corrected chi connectivity index (χ4v) is 4.63. The van der Waals surface area contributed by atoms with Gasteiger partial charge in [0.15, 0.2) is 17.2 Å². The van der Waals surface area contributed by atoms with Crippen LogP contribution in [-0.2, 0) is 22.7 Å². The average molecular weight is 601 g/mol. The molecular formula is C30H27Cl2FN2O6. The van der Waals surface area contributed by atoms with Crippen LogP contribution in [0.2, 0.25) is 10.0 Å². The fraction of sp³-hybridized carbons (Fsp3) is 0.233. The molecular weight excluding hydrogens is 574 g/mol. The van der Waals surface area contributed by atoms with E-state index in [0.29, 0.717) is 41.4 Å². The number of amides is 4. The molecule has 4 rings (SSSR count). The van der Waals surface area contributed by atoms with Gasteiger partial charge in [0.05, 0.1) is 29.8 Å². The molecule has 11 heteroatoms. The Labute approximate surface area is 246 Å². The second kappa shape index (κ2) is 13.5. The first-order valence-electron chi connectivity index (χ1n) is 12.8. The molecule has 1 fully saturated rings. The summed E-state index contributed by atoms with van der Waals surface area (Å²) in [6, 6.07) is 13.1. The van der Waals surface area contributed by atoms with Crippen molar-refractivity contribution in [3.05, 3.63) is 92.7 Å². The van der Waals surface area contributed by atoms with E-state index in [9.17, 15) is 18.8 Å². The van der Waals surface area contributed by atoms with E-state index in [-0.39, 0.29) is 34.5 Å². The highest BCUT2D eigenvalue weighted by molar-refractivity contribution is 6.37. The summed E-state index contributed by atoms with van der Waals surface area (Å²) in [5.74, 6) is -0.845. The molecule has 0 saturated carbocycles. The molecule has 0 aromatic heterocycles. The number of nitrogens with zero attached hydrogens (tertiary/aromatic N) is 1. The lowest BCUT2D eigenvalue weighted by molar-refractivity contribution is -0.130. The Bertz CT molecular complexity index is 1490. The molecule has 0 spiro atoms. The minimum absolute atomic E-state index is 0.0202. The zero-order valence-electron chi connectivity index (χ0n) is 22.3. The predicted octanol–water partition coefficient (Wildman–Crippen LogP) is 6.56. The number of nitrogens with one attached hydrogen (secondary N) is 1. The molecule has 41 heavy (non-hydrogen) atoms. The molecule has 3 aromatic rings. The van der Waals surface area contributed by atoms with E-state index in [1.807, 2.05) is 13.8 Å². The van der Waals surface area contributed by atoms with Gasteiger partial charge < -0.3 is 14.2 Å². The Hall–Kier alpha value is -4.08. The summed E-state index contributed by atoms with van der Waals surface area (Å²) in [5, 5.41) is 2.43. The molecule has 0 atom stereocenters. The van der Waals surface area contributed by atoms with Crippen LogP contribution in [0.3, 0.4) is 0 Å². The minimum atomic E-state index is -0.853. The van der Waals surface area contributed by atoms with Gasteiger partial charge in [-0.05, 0) is 72.5 Å². The first kappa shape index (κ1) is 29.9. The van der Waals surface area contributed by atoms with E-state index in [2.05, 4.69) is 5.32 Å². The van der Waals surface area contributed by atoms with Crippen molar-refractivity contribution < 1.29 is 33.0 Å². The molecule has 3 aromatic carbocycles. The Morgan fingerprint density at radius 2 is 1.66 bits per heavy atom. The summed E-state index contributed by atoms with van der Waals surface area (Å²) in [6.07, 6.45) is 2.11. The number of hydrogen-bond donors (Lipinski definition) is 1. The van der Waals surface area contributed by atoms with Gasteiger partial charge in [-0.25, -0.2) is 9.18 Å². The molecule has 0 bridgehead atoms. The summed E-state index contributed by atoms with van der Waals surface area (Å²) in [7, 11) is 0. The van der Waals surface area contributed by atoms with Gasteiger partial charge in [0, 0.05) is 0 Å². The summed E-state index contributed by atoms with van der Waals surface area (Å²) in [5.41, 5.74) is 1.23. The van der Waals surface area contributed by atoms with Gasteiger partial charge in [-0.15, -0.1) is 0 Å². The van der Waals surface area contributed by atoms with Crippen LogP contribution in [0, 0.1) is 5.82 Å². The first-order chi connectivity index (χ1) is 19.7. The largest absolute Gasteiger partial charge is 0.490 e. The van der Waals surface area contributed by atoms with Crippen LogP contribution in [0.5, 0.6) is 17.2 Å². The SMILES string of the molecule is CCCOc1ccc(CN2C(=O)NC(=O)/C(=C\c3cc(Cl)c(OCc4cccc(F)c4)c(Cl)c3)C2=O)cc1OCC. The van der Waals surface area contributed by atoms with E-state index in [1.54, 1.807) is 30.3 Å². The first-order valence-corrected chi connectivity index (χ1v) is 13.6. The van der Waals surface area contributed by atoms with E-state index < -0.39 is 23.7 Å². The monoisotopic (exact) mass is 600 g/mol. The molecule has 0 unspecified atom stereocenters. The number of carbonyl (C=O) groups excluding carboxylic acids is 3. The Balaban J connectivity index is 1.54. The van der Waals surface area contributed by atoms with Gasteiger partial charge in [0.2, 0.25) is 0 Å². The quantitative estimate of drug-likeness (QED) is 0.198. The smallest absolute Gasteiger partial charge is 0.331 e. The average Bonchev–Trinajstić information content (AvgIpc) is 2.92. The Morgan fingerprint density at radius 3 is 2.34 bits per heavy atom. The van der Waals surface area contributed by atoms with Crippen molar-refractivity contribution in [3.8, 4) is 17.2 Å². The van der Waals surface area contributed by atoms with Crippen LogP contribution >= 0.6 is 23.2 Å². The van der Waals surface area contributed by atoms with Crippen molar-refractivity contribution in [3.63, 3.8) is 0 Å². The number of carbonyl (C=O) groups is 3. The highest BCUT2D eigenvalue weighted by Gasteiger charge is 2.36. The lowest BCUT2D eigenvalue weighted by Crippen LogP contribution is -2.53. The molecule has 1 saturated heterocycles. The zero-order chi connectivity index (χ0) is 29.5.